The van der Waals surface area contributed by atoms with Crippen LogP contribution < -0.4 is 10.1 Å². The van der Waals surface area contributed by atoms with Crippen molar-refractivity contribution in [3.63, 3.8) is 0 Å². The van der Waals surface area contributed by atoms with Crippen LogP contribution in [0.3, 0.4) is 0 Å². The molecule has 0 aliphatic heterocycles. The number of fused-ring (bicyclic) bond motifs is 1. The molecule has 4 aromatic rings. The summed E-state index contributed by atoms with van der Waals surface area (Å²) < 4.78 is 40.5. The summed E-state index contributed by atoms with van der Waals surface area (Å²) in [6.07, 6.45) is -2.88. The number of aromatic amines is 2. The molecule has 0 amide bonds. The first kappa shape index (κ1) is 17.0. The Morgan fingerprint density at radius 1 is 1.07 bits per heavy atom. The molecule has 2 aromatic heterocycles. The third kappa shape index (κ3) is 3.71. The van der Waals surface area contributed by atoms with Gasteiger partial charge < -0.3 is 15.0 Å². The van der Waals surface area contributed by atoms with Crippen molar-refractivity contribution in [2.24, 2.45) is 0 Å². The Morgan fingerprint density at radius 3 is 2.52 bits per heavy atom. The van der Waals surface area contributed by atoms with Crippen LogP contribution in [0.5, 0.6) is 5.75 Å². The fourth-order valence-corrected chi connectivity index (χ4v) is 2.76. The molecule has 0 atom stereocenters. The molecule has 0 fully saturated rings. The maximum absolute atomic E-state index is 12.2. The van der Waals surface area contributed by atoms with Gasteiger partial charge in [-0.1, -0.05) is 6.07 Å². The fourth-order valence-electron chi connectivity index (χ4n) is 2.76. The number of alkyl halides is 3. The number of benzene rings is 2. The van der Waals surface area contributed by atoms with Crippen LogP contribution in [-0.4, -0.2) is 26.5 Å². The van der Waals surface area contributed by atoms with Gasteiger partial charge in [0, 0.05) is 17.4 Å². The summed E-state index contributed by atoms with van der Waals surface area (Å²) in [7, 11) is 0. The van der Waals surface area contributed by atoms with Crippen LogP contribution in [0.2, 0.25) is 0 Å². The monoisotopic (exact) mass is 373 g/mol. The molecule has 4 rings (SSSR count). The smallest absolute Gasteiger partial charge is 0.406 e. The summed E-state index contributed by atoms with van der Waals surface area (Å²) in [5.41, 5.74) is 5.04. The zero-order valence-corrected chi connectivity index (χ0v) is 14.1. The molecule has 0 radical (unpaired) electrons. The highest BCUT2D eigenvalue weighted by molar-refractivity contribution is 5.84. The Bertz CT molecular complexity index is 1080. The van der Waals surface area contributed by atoms with Gasteiger partial charge in [0.2, 0.25) is 5.95 Å². The van der Waals surface area contributed by atoms with Crippen LogP contribution in [0, 0.1) is 6.92 Å². The summed E-state index contributed by atoms with van der Waals surface area (Å²) in [5, 5.41) is 9.97. The summed E-state index contributed by atoms with van der Waals surface area (Å²) in [6.45, 7) is 1.92. The molecule has 138 valence electrons. The van der Waals surface area contributed by atoms with Gasteiger partial charge in [-0.05, 0) is 48.9 Å². The number of rotatable bonds is 4. The number of aromatic nitrogens is 4. The van der Waals surface area contributed by atoms with Crippen LogP contribution in [-0.2, 0) is 0 Å². The minimum Gasteiger partial charge on any atom is -0.406 e. The van der Waals surface area contributed by atoms with E-state index in [2.05, 4.69) is 30.2 Å². The van der Waals surface area contributed by atoms with Gasteiger partial charge in [-0.25, -0.2) is 4.98 Å². The molecule has 0 aliphatic carbocycles. The van der Waals surface area contributed by atoms with Gasteiger partial charge in [0.1, 0.15) is 5.75 Å². The van der Waals surface area contributed by atoms with E-state index in [1.165, 1.54) is 24.3 Å². The van der Waals surface area contributed by atoms with Gasteiger partial charge in [-0.3, -0.25) is 5.10 Å². The van der Waals surface area contributed by atoms with Crippen LogP contribution in [0.15, 0.2) is 48.7 Å². The maximum atomic E-state index is 12.2. The third-order valence-corrected chi connectivity index (χ3v) is 3.98. The largest absolute Gasteiger partial charge is 0.573 e. The molecule has 3 N–H and O–H groups in total. The summed E-state index contributed by atoms with van der Waals surface area (Å²) >= 11 is 0. The average Bonchev–Trinajstić information content (AvgIpc) is 3.20. The van der Waals surface area contributed by atoms with Crippen molar-refractivity contribution in [3.8, 4) is 16.9 Å². The predicted octanol–water partition coefficient (Wildman–Crippen LogP) is 4.90. The molecule has 0 saturated carbocycles. The molecule has 0 saturated heterocycles. The SMILES string of the molecule is Cc1n[nH]cc1-c1ccc2[nH]c(Nc3ccc(OC(F)(F)F)cc3)nc2c1. The lowest BCUT2D eigenvalue weighted by Gasteiger charge is -2.09. The van der Waals surface area contributed by atoms with E-state index in [4.69, 9.17) is 0 Å². The second-order valence-electron chi connectivity index (χ2n) is 5.90. The van der Waals surface area contributed by atoms with Crippen molar-refractivity contribution < 1.29 is 17.9 Å². The highest BCUT2D eigenvalue weighted by atomic mass is 19.4. The minimum absolute atomic E-state index is 0.280. The Balaban J connectivity index is 1.55. The molecular weight excluding hydrogens is 359 g/mol. The number of H-pyrrole nitrogens is 2. The summed E-state index contributed by atoms with van der Waals surface area (Å²) in [6, 6.07) is 11.2. The standard InChI is InChI=1S/C18H14F3N5O/c1-10-14(9-22-26-10)11-2-7-15-16(8-11)25-17(24-15)23-12-3-5-13(6-4-12)27-18(19,20)21/h2-9H,1H3,(H,22,26)(H2,23,24,25). The fraction of sp³-hybridized carbons (Fsp3) is 0.111. The number of imidazole rings is 1. The van der Waals surface area contributed by atoms with E-state index in [1.807, 2.05) is 31.3 Å². The first-order valence-corrected chi connectivity index (χ1v) is 8.01. The molecular formula is C18H14F3N5O. The van der Waals surface area contributed by atoms with Crippen molar-refractivity contribution >= 4 is 22.7 Å². The Morgan fingerprint density at radius 2 is 1.85 bits per heavy atom. The first-order valence-electron chi connectivity index (χ1n) is 8.01. The molecule has 2 aromatic carbocycles. The highest BCUT2D eigenvalue weighted by Crippen LogP contribution is 2.28. The van der Waals surface area contributed by atoms with Gasteiger partial charge in [-0.15, -0.1) is 13.2 Å². The topological polar surface area (TPSA) is 78.6 Å². The minimum atomic E-state index is -4.71. The van der Waals surface area contributed by atoms with Gasteiger partial charge in [0.15, 0.2) is 0 Å². The predicted molar refractivity (Wildman–Crippen MR) is 94.8 cm³/mol. The molecule has 0 unspecified atom stereocenters. The molecule has 27 heavy (non-hydrogen) atoms. The van der Waals surface area contributed by atoms with Crippen LogP contribution in [0.4, 0.5) is 24.8 Å². The molecule has 6 nitrogen and oxygen atoms in total. The van der Waals surface area contributed by atoms with E-state index in [9.17, 15) is 13.2 Å². The lowest BCUT2D eigenvalue weighted by Crippen LogP contribution is -2.16. The highest BCUT2D eigenvalue weighted by Gasteiger charge is 2.30. The average molecular weight is 373 g/mol. The summed E-state index contributed by atoms with van der Waals surface area (Å²) in [5.74, 6) is 0.202. The quantitative estimate of drug-likeness (QED) is 0.475. The zero-order valence-electron chi connectivity index (χ0n) is 14.1. The van der Waals surface area contributed by atoms with Gasteiger partial charge in [0.05, 0.1) is 16.7 Å². The van der Waals surface area contributed by atoms with Gasteiger partial charge in [0.25, 0.3) is 0 Å². The van der Waals surface area contributed by atoms with Crippen molar-refractivity contribution in [2.45, 2.75) is 13.3 Å². The third-order valence-electron chi connectivity index (χ3n) is 3.98. The second kappa shape index (κ2) is 6.35. The molecule has 0 spiro atoms. The van der Waals surface area contributed by atoms with Crippen molar-refractivity contribution in [2.75, 3.05) is 5.32 Å². The molecule has 0 bridgehead atoms. The van der Waals surface area contributed by atoms with E-state index in [0.717, 1.165) is 27.9 Å². The number of anilines is 2. The lowest BCUT2D eigenvalue weighted by molar-refractivity contribution is -0.274. The number of ether oxygens (including phenoxy) is 1. The van der Waals surface area contributed by atoms with E-state index < -0.39 is 6.36 Å². The Labute approximate surface area is 151 Å². The van der Waals surface area contributed by atoms with E-state index in [1.54, 1.807) is 0 Å². The van der Waals surface area contributed by atoms with Crippen LogP contribution >= 0.6 is 0 Å². The van der Waals surface area contributed by atoms with E-state index in [-0.39, 0.29) is 5.75 Å². The Kier molecular flexibility index (Phi) is 3.98. The van der Waals surface area contributed by atoms with Crippen LogP contribution in [0.1, 0.15) is 5.69 Å². The van der Waals surface area contributed by atoms with Crippen LogP contribution in [0.25, 0.3) is 22.2 Å². The zero-order chi connectivity index (χ0) is 19.0. The maximum Gasteiger partial charge on any atom is 0.573 e. The normalized spacial score (nSPS) is 11.7. The van der Waals surface area contributed by atoms with Crippen molar-refractivity contribution in [1.82, 2.24) is 20.2 Å². The second-order valence-corrected chi connectivity index (χ2v) is 5.90. The number of halogens is 3. The Hall–Kier alpha value is -3.49. The summed E-state index contributed by atoms with van der Waals surface area (Å²) in [4.78, 5) is 7.61. The van der Waals surface area contributed by atoms with Crippen molar-refractivity contribution in [3.05, 3.63) is 54.4 Å². The number of hydrogen-bond donors (Lipinski definition) is 3. The number of hydrogen-bond acceptors (Lipinski definition) is 4. The van der Waals surface area contributed by atoms with Gasteiger partial charge in [-0.2, -0.15) is 5.10 Å². The van der Waals surface area contributed by atoms with E-state index >= 15 is 0 Å². The number of aryl methyl sites for hydroxylation is 1. The number of nitrogens with one attached hydrogen (secondary N) is 3. The van der Waals surface area contributed by atoms with Crippen molar-refractivity contribution in [1.29, 1.82) is 0 Å². The first-order chi connectivity index (χ1) is 12.9. The number of nitrogens with zero attached hydrogens (tertiary/aromatic N) is 2. The van der Waals surface area contributed by atoms with E-state index in [0.29, 0.717) is 11.6 Å². The lowest BCUT2D eigenvalue weighted by atomic mass is 10.1. The molecule has 0 aliphatic rings. The molecule has 2 heterocycles. The van der Waals surface area contributed by atoms with Gasteiger partial charge >= 0.3 is 6.36 Å². The molecule has 9 heteroatoms.